The molecule has 1 aromatic heterocycles. The van der Waals surface area contributed by atoms with Gasteiger partial charge < -0.3 is 0 Å². The van der Waals surface area contributed by atoms with E-state index >= 15 is 0 Å². The molecule has 0 aromatic carbocycles. The summed E-state index contributed by atoms with van der Waals surface area (Å²) in [7, 11) is 0. The summed E-state index contributed by atoms with van der Waals surface area (Å²) in [6.07, 6.45) is 0. The molecule has 0 aliphatic heterocycles. The van der Waals surface area contributed by atoms with E-state index in [-0.39, 0.29) is 23.1 Å². The molecule has 114 valence electrons. The van der Waals surface area contributed by atoms with E-state index in [1.54, 1.807) is 0 Å². The SMILES string of the molecule is CC(=O)C(Sc1nnc(SC(C(C)=O)C(C)=O)s1)C(C)=O. The van der Waals surface area contributed by atoms with Crippen molar-refractivity contribution in [3.05, 3.63) is 0 Å². The first kappa shape index (κ1) is 18.0. The number of hydrogen-bond donors (Lipinski definition) is 0. The lowest BCUT2D eigenvalue weighted by molar-refractivity contribution is -0.125. The summed E-state index contributed by atoms with van der Waals surface area (Å²) in [4.78, 5) is 45.5. The van der Waals surface area contributed by atoms with Gasteiger partial charge in [-0.1, -0.05) is 34.9 Å². The fourth-order valence-corrected chi connectivity index (χ4v) is 4.55. The molecule has 0 bridgehead atoms. The van der Waals surface area contributed by atoms with Gasteiger partial charge in [0.25, 0.3) is 0 Å². The van der Waals surface area contributed by atoms with Crippen LogP contribution in [0.4, 0.5) is 0 Å². The smallest absolute Gasteiger partial charge is 0.176 e. The van der Waals surface area contributed by atoms with Gasteiger partial charge >= 0.3 is 0 Å². The van der Waals surface area contributed by atoms with Crippen LogP contribution >= 0.6 is 34.9 Å². The summed E-state index contributed by atoms with van der Waals surface area (Å²) in [5.74, 6) is -0.992. The van der Waals surface area contributed by atoms with Gasteiger partial charge in [-0.2, -0.15) is 0 Å². The molecule has 0 unspecified atom stereocenters. The Morgan fingerprint density at radius 3 is 1.29 bits per heavy atom. The Hall–Kier alpha value is -1.06. The molecule has 0 fully saturated rings. The van der Waals surface area contributed by atoms with Gasteiger partial charge in [-0.05, 0) is 27.7 Å². The van der Waals surface area contributed by atoms with Gasteiger partial charge in [-0.25, -0.2) is 0 Å². The van der Waals surface area contributed by atoms with E-state index in [0.29, 0.717) is 8.68 Å². The van der Waals surface area contributed by atoms with Crippen LogP contribution in [0, 0.1) is 0 Å². The number of hydrogen-bond acceptors (Lipinski definition) is 9. The molecular formula is C12H14N2O4S3. The summed E-state index contributed by atoms with van der Waals surface area (Å²) in [5, 5.41) is 6.15. The average Bonchev–Trinajstić information content (AvgIpc) is 2.79. The molecule has 6 nitrogen and oxygen atoms in total. The van der Waals surface area contributed by atoms with Gasteiger partial charge in [0.2, 0.25) is 0 Å². The van der Waals surface area contributed by atoms with Crippen LogP contribution in [0.1, 0.15) is 27.7 Å². The van der Waals surface area contributed by atoms with Crippen LogP contribution in [0.15, 0.2) is 8.68 Å². The molecule has 0 aliphatic carbocycles. The van der Waals surface area contributed by atoms with Gasteiger partial charge in [0.05, 0.1) is 0 Å². The van der Waals surface area contributed by atoms with E-state index < -0.39 is 10.5 Å². The lowest BCUT2D eigenvalue weighted by Gasteiger charge is -2.06. The quantitative estimate of drug-likeness (QED) is 0.520. The third-order valence-electron chi connectivity index (χ3n) is 2.30. The Kier molecular flexibility index (Phi) is 6.69. The molecular weight excluding hydrogens is 332 g/mol. The Balaban J connectivity index is 2.81. The van der Waals surface area contributed by atoms with Crippen molar-refractivity contribution in [3.8, 4) is 0 Å². The van der Waals surface area contributed by atoms with E-state index in [0.717, 1.165) is 34.9 Å². The molecule has 0 atom stereocenters. The van der Waals surface area contributed by atoms with Crippen molar-refractivity contribution in [2.75, 3.05) is 0 Å². The van der Waals surface area contributed by atoms with Gasteiger partial charge in [0.15, 0.2) is 31.8 Å². The lowest BCUT2D eigenvalue weighted by atomic mass is 10.2. The van der Waals surface area contributed by atoms with E-state index in [9.17, 15) is 19.2 Å². The van der Waals surface area contributed by atoms with Crippen molar-refractivity contribution in [1.29, 1.82) is 0 Å². The topological polar surface area (TPSA) is 94.1 Å². The minimum atomic E-state index is -0.799. The normalized spacial score (nSPS) is 11.0. The van der Waals surface area contributed by atoms with Crippen LogP contribution in [0.2, 0.25) is 0 Å². The Morgan fingerprint density at radius 1 is 0.762 bits per heavy atom. The third-order valence-corrected chi connectivity index (χ3v) is 6.26. The fraction of sp³-hybridized carbons (Fsp3) is 0.500. The zero-order valence-electron chi connectivity index (χ0n) is 11.9. The van der Waals surface area contributed by atoms with Crippen molar-refractivity contribution in [2.45, 2.75) is 46.9 Å². The van der Waals surface area contributed by atoms with E-state index in [2.05, 4.69) is 10.2 Å². The standard InChI is InChI=1S/C12H14N2O4S3/c1-5(15)9(6(2)16)19-11-13-14-12(21-11)20-10(7(3)17)8(4)18/h9-10H,1-4H3. The summed E-state index contributed by atoms with van der Waals surface area (Å²) < 4.78 is 0.914. The zero-order chi connectivity index (χ0) is 16.2. The highest BCUT2D eigenvalue weighted by Crippen LogP contribution is 2.34. The first-order valence-electron chi connectivity index (χ1n) is 5.91. The first-order chi connectivity index (χ1) is 9.72. The molecule has 0 saturated carbocycles. The second-order valence-corrected chi connectivity index (χ2v) is 7.95. The third kappa shape index (κ3) is 5.33. The van der Waals surface area contributed by atoms with Gasteiger partial charge in [0, 0.05) is 0 Å². The van der Waals surface area contributed by atoms with Crippen molar-refractivity contribution >= 4 is 58.0 Å². The Bertz CT molecular complexity index is 508. The highest BCUT2D eigenvalue weighted by atomic mass is 32.2. The largest absolute Gasteiger partial charge is 0.298 e. The molecule has 0 saturated heterocycles. The first-order valence-corrected chi connectivity index (χ1v) is 8.48. The lowest BCUT2D eigenvalue weighted by Crippen LogP contribution is -2.22. The van der Waals surface area contributed by atoms with Crippen LogP contribution in [-0.2, 0) is 19.2 Å². The zero-order valence-corrected chi connectivity index (χ0v) is 14.4. The highest BCUT2D eigenvalue weighted by Gasteiger charge is 2.25. The minimum Gasteiger partial charge on any atom is -0.298 e. The van der Waals surface area contributed by atoms with Crippen LogP contribution in [0.5, 0.6) is 0 Å². The van der Waals surface area contributed by atoms with Crippen molar-refractivity contribution < 1.29 is 19.2 Å². The molecule has 9 heteroatoms. The van der Waals surface area contributed by atoms with Crippen molar-refractivity contribution in [2.24, 2.45) is 0 Å². The van der Waals surface area contributed by atoms with Gasteiger partial charge in [-0.15, -0.1) is 10.2 Å². The number of carbonyl (C=O) groups is 4. The van der Waals surface area contributed by atoms with Gasteiger partial charge in [-0.3, -0.25) is 19.2 Å². The maximum atomic E-state index is 11.4. The molecule has 0 N–H and O–H groups in total. The number of carbonyl (C=O) groups excluding carboxylic acids is 4. The van der Waals surface area contributed by atoms with Crippen LogP contribution in [0.25, 0.3) is 0 Å². The predicted octanol–water partition coefficient (Wildman–Crippen LogP) is 1.82. The van der Waals surface area contributed by atoms with Crippen LogP contribution in [0.3, 0.4) is 0 Å². The Labute approximate surface area is 134 Å². The summed E-state index contributed by atoms with van der Waals surface area (Å²) in [6, 6.07) is 0. The highest BCUT2D eigenvalue weighted by molar-refractivity contribution is 8.05. The van der Waals surface area contributed by atoms with Crippen LogP contribution < -0.4 is 0 Å². The number of rotatable bonds is 8. The second kappa shape index (κ2) is 7.81. The molecule has 0 radical (unpaired) electrons. The minimum absolute atomic E-state index is 0.248. The fourth-order valence-electron chi connectivity index (χ4n) is 1.40. The molecule has 0 amide bonds. The Morgan fingerprint density at radius 2 is 1.05 bits per heavy atom. The monoisotopic (exact) mass is 346 g/mol. The second-order valence-electron chi connectivity index (χ2n) is 4.27. The molecule has 1 aromatic rings. The van der Waals surface area contributed by atoms with E-state index in [1.165, 1.54) is 27.7 Å². The van der Waals surface area contributed by atoms with E-state index in [4.69, 9.17) is 0 Å². The number of nitrogens with zero attached hydrogens (tertiary/aromatic N) is 2. The molecule has 21 heavy (non-hydrogen) atoms. The van der Waals surface area contributed by atoms with Crippen LogP contribution in [-0.4, -0.2) is 43.8 Å². The summed E-state index contributed by atoms with van der Waals surface area (Å²) >= 11 is 3.22. The number of thioether (sulfide) groups is 2. The number of aromatic nitrogens is 2. The number of ketones is 4. The number of Topliss-reactive ketones (excluding diaryl/α,β-unsaturated/α-hetero) is 4. The maximum Gasteiger partial charge on any atom is 0.176 e. The molecule has 0 spiro atoms. The van der Waals surface area contributed by atoms with Crippen molar-refractivity contribution in [3.63, 3.8) is 0 Å². The molecule has 0 aliphatic rings. The maximum absolute atomic E-state index is 11.4. The van der Waals surface area contributed by atoms with Crippen molar-refractivity contribution in [1.82, 2.24) is 10.2 Å². The predicted molar refractivity (Wildman–Crippen MR) is 81.9 cm³/mol. The van der Waals surface area contributed by atoms with E-state index in [1.807, 2.05) is 0 Å². The summed E-state index contributed by atoms with van der Waals surface area (Å²) in [6.45, 7) is 5.38. The van der Waals surface area contributed by atoms with Gasteiger partial charge in [0.1, 0.15) is 10.5 Å². The average molecular weight is 346 g/mol. The summed E-state index contributed by atoms with van der Waals surface area (Å²) in [5.41, 5.74) is 0. The molecule has 1 heterocycles. The molecule has 1 rings (SSSR count).